The number of rotatable bonds is 5. The number of amides is 1. The van der Waals surface area contributed by atoms with Crippen molar-refractivity contribution in [3.8, 4) is 5.75 Å². The Morgan fingerprint density at radius 3 is 2.91 bits per heavy atom. The van der Waals surface area contributed by atoms with Crippen molar-refractivity contribution in [2.24, 2.45) is 0 Å². The number of carbonyl (C=O) groups is 1. The van der Waals surface area contributed by atoms with Crippen LogP contribution in [0.3, 0.4) is 0 Å². The number of carbonyl (C=O) groups excluding carboxylic acids is 1. The molecule has 2 aliphatic rings. The van der Waals surface area contributed by atoms with Crippen molar-refractivity contribution in [2.45, 2.75) is 51.7 Å². The van der Waals surface area contributed by atoms with Crippen molar-refractivity contribution in [2.75, 3.05) is 32.6 Å². The highest BCUT2D eigenvalue weighted by atomic mass is 16.5. The Labute approximate surface area is 193 Å². The third-order valence-corrected chi connectivity index (χ3v) is 7.09. The second kappa shape index (κ2) is 8.62. The van der Waals surface area contributed by atoms with E-state index in [1.54, 1.807) is 26.4 Å². The third kappa shape index (κ3) is 4.01. The van der Waals surface area contributed by atoms with Crippen LogP contribution in [0, 0.1) is 0 Å². The Balaban J connectivity index is 1.44. The van der Waals surface area contributed by atoms with E-state index < -0.39 is 0 Å². The Morgan fingerprint density at radius 1 is 1.27 bits per heavy atom. The number of methoxy groups -OCH3 is 1. The minimum Gasteiger partial charge on any atom is -0.495 e. The molecule has 1 aromatic carbocycles. The van der Waals surface area contributed by atoms with Crippen LogP contribution in [0.15, 0.2) is 24.5 Å². The summed E-state index contributed by atoms with van der Waals surface area (Å²) >= 11 is 0. The lowest BCUT2D eigenvalue weighted by molar-refractivity contribution is -0.129. The van der Waals surface area contributed by atoms with Gasteiger partial charge in [0, 0.05) is 32.3 Å². The summed E-state index contributed by atoms with van der Waals surface area (Å²) < 4.78 is 7.56. The van der Waals surface area contributed by atoms with Gasteiger partial charge in [-0.25, -0.2) is 9.67 Å². The fourth-order valence-corrected chi connectivity index (χ4v) is 5.06. The lowest BCUT2D eigenvalue weighted by atomic mass is 9.93. The molecule has 9 nitrogen and oxygen atoms in total. The van der Waals surface area contributed by atoms with Crippen molar-refractivity contribution in [1.29, 1.82) is 0 Å². The van der Waals surface area contributed by atoms with E-state index in [1.165, 1.54) is 11.1 Å². The van der Waals surface area contributed by atoms with E-state index in [4.69, 9.17) is 9.72 Å². The molecule has 0 spiro atoms. The first kappa shape index (κ1) is 21.6. The minimum atomic E-state index is 0.116. The maximum Gasteiger partial charge on any atom is 0.229 e. The summed E-state index contributed by atoms with van der Waals surface area (Å²) in [4.78, 5) is 25.5. The van der Waals surface area contributed by atoms with Gasteiger partial charge in [-0.3, -0.25) is 9.69 Å². The third-order valence-electron chi connectivity index (χ3n) is 7.09. The van der Waals surface area contributed by atoms with Crippen LogP contribution in [0.1, 0.15) is 43.9 Å². The summed E-state index contributed by atoms with van der Waals surface area (Å²) in [6.45, 7) is 6.34. The number of nitrogens with zero attached hydrogens (tertiary/aromatic N) is 6. The number of fused-ring (bicyclic) bond motifs is 2. The number of aromatic nitrogens is 4. The van der Waals surface area contributed by atoms with Crippen molar-refractivity contribution in [3.05, 3.63) is 35.7 Å². The molecule has 1 N–H and O–H groups in total. The highest BCUT2D eigenvalue weighted by Crippen LogP contribution is 2.37. The molecular weight excluding hydrogens is 418 g/mol. The van der Waals surface area contributed by atoms with Gasteiger partial charge in [0.1, 0.15) is 5.75 Å². The van der Waals surface area contributed by atoms with Crippen LogP contribution >= 0.6 is 0 Å². The highest BCUT2D eigenvalue weighted by Gasteiger charge is 2.28. The van der Waals surface area contributed by atoms with Gasteiger partial charge >= 0.3 is 0 Å². The molecular formula is C24H31N7O2. The Kier molecular flexibility index (Phi) is 5.65. The molecule has 33 heavy (non-hydrogen) atoms. The summed E-state index contributed by atoms with van der Waals surface area (Å²) in [6.07, 6.45) is 6.58. The van der Waals surface area contributed by atoms with E-state index in [9.17, 15) is 4.79 Å². The fraction of sp³-hybridized carbons (Fsp3) is 0.500. The Morgan fingerprint density at radius 2 is 2.12 bits per heavy atom. The summed E-state index contributed by atoms with van der Waals surface area (Å²) in [6, 6.07) is 4.76. The van der Waals surface area contributed by atoms with E-state index in [2.05, 4.69) is 46.4 Å². The summed E-state index contributed by atoms with van der Waals surface area (Å²) in [5.74, 6) is 1.39. The molecule has 0 aliphatic carbocycles. The molecule has 1 saturated heterocycles. The lowest BCUT2D eigenvalue weighted by Crippen LogP contribution is -2.36. The molecule has 2 aromatic heterocycles. The van der Waals surface area contributed by atoms with Crippen LogP contribution in [-0.4, -0.2) is 68.7 Å². The Hall–Kier alpha value is -3.20. The van der Waals surface area contributed by atoms with Crippen LogP contribution in [0.2, 0.25) is 0 Å². The second-order valence-electron chi connectivity index (χ2n) is 9.09. The molecule has 2 atom stereocenters. The van der Waals surface area contributed by atoms with Gasteiger partial charge in [0.2, 0.25) is 11.9 Å². The molecule has 0 radical (unpaired) electrons. The van der Waals surface area contributed by atoms with Crippen molar-refractivity contribution < 1.29 is 9.53 Å². The van der Waals surface area contributed by atoms with Crippen LogP contribution < -0.4 is 10.1 Å². The van der Waals surface area contributed by atoms with Gasteiger partial charge in [0.25, 0.3) is 0 Å². The predicted octanol–water partition coefficient (Wildman–Crippen LogP) is 3.14. The van der Waals surface area contributed by atoms with Gasteiger partial charge in [0.15, 0.2) is 5.65 Å². The topological polar surface area (TPSA) is 88.4 Å². The van der Waals surface area contributed by atoms with E-state index in [1.807, 2.05) is 9.58 Å². The van der Waals surface area contributed by atoms with E-state index in [0.717, 1.165) is 54.8 Å². The smallest absolute Gasteiger partial charge is 0.229 e. The van der Waals surface area contributed by atoms with E-state index in [0.29, 0.717) is 18.5 Å². The van der Waals surface area contributed by atoms with E-state index in [-0.39, 0.29) is 11.9 Å². The van der Waals surface area contributed by atoms with Crippen molar-refractivity contribution in [1.82, 2.24) is 29.5 Å². The van der Waals surface area contributed by atoms with Gasteiger partial charge in [-0.2, -0.15) is 10.1 Å². The molecule has 9 heteroatoms. The molecule has 0 saturated carbocycles. The number of ether oxygens (including phenoxy) is 1. The minimum absolute atomic E-state index is 0.116. The molecule has 4 heterocycles. The van der Waals surface area contributed by atoms with Gasteiger partial charge in [-0.05, 0) is 56.5 Å². The number of nitrogens with one attached hydrogen (secondary N) is 1. The summed E-state index contributed by atoms with van der Waals surface area (Å²) in [5.41, 5.74) is 4.23. The molecule has 3 aromatic rings. The predicted molar refractivity (Wildman–Crippen MR) is 127 cm³/mol. The van der Waals surface area contributed by atoms with Crippen molar-refractivity contribution in [3.63, 3.8) is 0 Å². The van der Waals surface area contributed by atoms with Crippen LogP contribution in [0.25, 0.3) is 11.0 Å². The lowest BCUT2D eigenvalue weighted by Gasteiger charge is -2.32. The summed E-state index contributed by atoms with van der Waals surface area (Å²) in [7, 11) is 3.84. The zero-order chi connectivity index (χ0) is 23.1. The average Bonchev–Trinajstić information content (AvgIpc) is 3.44. The standard InChI is InChI=1S/C24H31N7O2/c1-15-20-11-21(22(33-4)10-17(20)7-9-29(15)3)27-24-25-12-18-13-26-31(23(18)28-24)14-19-6-5-8-30(19)16(2)32/h10-13,15,19H,5-9,14H2,1-4H3,(H,25,27,28)/t15-,19+/m1/s1. The first-order valence-electron chi connectivity index (χ1n) is 11.6. The molecule has 174 valence electrons. The van der Waals surface area contributed by atoms with E-state index >= 15 is 0 Å². The number of hydrogen-bond donors (Lipinski definition) is 1. The fourth-order valence-electron chi connectivity index (χ4n) is 5.06. The van der Waals surface area contributed by atoms with Crippen molar-refractivity contribution >= 4 is 28.6 Å². The number of hydrogen-bond acceptors (Lipinski definition) is 7. The van der Waals surface area contributed by atoms with Crippen LogP contribution in [0.5, 0.6) is 5.75 Å². The van der Waals surface area contributed by atoms with Gasteiger partial charge in [0.05, 0.1) is 37.0 Å². The maximum absolute atomic E-state index is 12.0. The molecule has 1 amide bonds. The first-order chi connectivity index (χ1) is 15.9. The normalized spacial score (nSPS) is 20.8. The average molecular weight is 450 g/mol. The molecule has 5 rings (SSSR count). The molecule has 2 aliphatic heterocycles. The molecule has 1 fully saturated rings. The number of anilines is 2. The van der Waals surface area contributed by atoms with Gasteiger partial charge in [-0.15, -0.1) is 0 Å². The second-order valence-corrected chi connectivity index (χ2v) is 9.09. The quantitative estimate of drug-likeness (QED) is 0.640. The maximum atomic E-state index is 12.0. The number of benzene rings is 1. The molecule has 0 unspecified atom stereocenters. The Bertz CT molecular complexity index is 1190. The largest absolute Gasteiger partial charge is 0.495 e. The summed E-state index contributed by atoms with van der Waals surface area (Å²) in [5, 5.41) is 8.77. The van der Waals surface area contributed by atoms with Gasteiger partial charge < -0.3 is 15.0 Å². The zero-order valence-corrected chi connectivity index (χ0v) is 19.7. The van der Waals surface area contributed by atoms with Crippen LogP contribution in [0.4, 0.5) is 11.6 Å². The van der Waals surface area contributed by atoms with Crippen LogP contribution in [-0.2, 0) is 17.8 Å². The SMILES string of the molecule is COc1cc2c(cc1Nc1ncc3cnn(C[C@@H]4CCCN4C(C)=O)c3n1)[C@@H](C)N(C)CC2. The van der Waals surface area contributed by atoms with Gasteiger partial charge in [-0.1, -0.05) is 0 Å². The highest BCUT2D eigenvalue weighted by molar-refractivity contribution is 5.76. The molecule has 0 bridgehead atoms. The number of likely N-dealkylation sites (tertiary alicyclic amines) is 1. The monoisotopic (exact) mass is 449 g/mol. The zero-order valence-electron chi connectivity index (χ0n) is 19.7. The number of likely N-dealkylation sites (N-methyl/N-ethyl adjacent to an activating group) is 1. The first-order valence-corrected chi connectivity index (χ1v) is 11.6.